The van der Waals surface area contributed by atoms with Crippen LogP contribution in [0.2, 0.25) is 5.02 Å². The molecule has 142 valence electrons. The molecule has 3 N–H and O–H groups in total. The monoisotopic (exact) mass is 383 g/mol. The lowest BCUT2D eigenvalue weighted by molar-refractivity contribution is -0.133. The van der Waals surface area contributed by atoms with Crippen LogP contribution < -0.4 is 10.6 Å². The van der Waals surface area contributed by atoms with Gasteiger partial charge in [0.25, 0.3) is 0 Å². The number of halogens is 2. The summed E-state index contributed by atoms with van der Waals surface area (Å²) in [4.78, 5) is 26.0. The summed E-state index contributed by atoms with van der Waals surface area (Å²) in [5, 5.41) is 15.9. The first-order valence-electron chi connectivity index (χ1n) is 8.88. The second-order valence-corrected chi connectivity index (χ2v) is 7.45. The van der Waals surface area contributed by atoms with Crippen LogP contribution in [0.25, 0.3) is 0 Å². The number of aliphatic hydroxyl groups is 1. The van der Waals surface area contributed by atoms with Crippen LogP contribution in [0.1, 0.15) is 25.7 Å². The second-order valence-electron chi connectivity index (χ2n) is 7.01. The first-order chi connectivity index (χ1) is 12.4. The zero-order valence-electron chi connectivity index (χ0n) is 14.4. The van der Waals surface area contributed by atoms with Gasteiger partial charge in [-0.15, -0.1) is 0 Å². The van der Waals surface area contributed by atoms with Crippen LogP contribution in [-0.2, 0) is 9.59 Å². The van der Waals surface area contributed by atoms with Gasteiger partial charge in [0.05, 0.1) is 12.2 Å². The van der Waals surface area contributed by atoms with E-state index in [1.807, 2.05) is 4.90 Å². The van der Waals surface area contributed by atoms with Crippen LogP contribution in [0, 0.1) is 11.7 Å². The molecule has 0 aromatic heterocycles. The van der Waals surface area contributed by atoms with Crippen molar-refractivity contribution in [3.63, 3.8) is 0 Å². The van der Waals surface area contributed by atoms with Gasteiger partial charge in [-0.2, -0.15) is 0 Å². The van der Waals surface area contributed by atoms with Crippen molar-refractivity contribution in [1.82, 2.24) is 10.2 Å². The molecule has 0 unspecified atom stereocenters. The number of rotatable bonds is 6. The molecule has 0 radical (unpaired) electrons. The minimum atomic E-state index is -0.993. The molecule has 1 saturated carbocycles. The summed E-state index contributed by atoms with van der Waals surface area (Å²) in [5.74, 6) is -1.25. The average Bonchev–Trinajstić information content (AvgIpc) is 3.42. The van der Waals surface area contributed by atoms with Gasteiger partial charge in [0.2, 0.25) is 11.8 Å². The van der Waals surface area contributed by atoms with Gasteiger partial charge in [-0.3, -0.25) is 14.5 Å². The average molecular weight is 384 g/mol. The molecule has 1 aliphatic heterocycles. The van der Waals surface area contributed by atoms with E-state index < -0.39 is 11.9 Å². The number of likely N-dealkylation sites (tertiary alicyclic amines) is 1. The van der Waals surface area contributed by atoms with Gasteiger partial charge in [-0.1, -0.05) is 11.6 Å². The van der Waals surface area contributed by atoms with Crippen molar-refractivity contribution in [2.24, 2.45) is 5.92 Å². The quantitative estimate of drug-likeness (QED) is 0.699. The summed E-state index contributed by atoms with van der Waals surface area (Å²) in [5.41, 5.74) is 0.0598. The van der Waals surface area contributed by atoms with E-state index in [4.69, 9.17) is 11.6 Å². The predicted molar refractivity (Wildman–Crippen MR) is 96.4 cm³/mol. The second kappa shape index (κ2) is 8.33. The summed E-state index contributed by atoms with van der Waals surface area (Å²) in [6.07, 6.45) is 2.25. The maximum absolute atomic E-state index is 13.7. The molecule has 0 bridgehead atoms. The molecular formula is C18H23ClFN3O3. The first kappa shape index (κ1) is 19.1. The normalized spacial score (nSPS) is 19.8. The summed E-state index contributed by atoms with van der Waals surface area (Å²) in [6.45, 7) is 1.33. The molecule has 0 spiro atoms. The van der Waals surface area contributed by atoms with Gasteiger partial charge in [0.1, 0.15) is 11.9 Å². The van der Waals surface area contributed by atoms with Crippen molar-refractivity contribution in [1.29, 1.82) is 0 Å². The Bertz CT molecular complexity index is 676. The zero-order valence-corrected chi connectivity index (χ0v) is 15.1. The Hall–Kier alpha value is -1.70. The van der Waals surface area contributed by atoms with Crippen molar-refractivity contribution in [3.05, 3.63) is 29.0 Å². The highest BCUT2D eigenvalue weighted by Gasteiger charge is 2.33. The Balaban J connectivity index is 1.43. The Morgan fingerprint density at radius 2 is 1.96 bits per heavy atom. The van der Waals surface area contributed by atoms with Crippen molar-refractivity contribution < 1.29 is 19.1 Å². The summed E-state index contributed by atoms with van der Waals surface area (Å²) >= 11 is 5.81. The van der Waals surface area contributed by atoms with E-state index in [9.17, 15) is 19.1 Å². The van der Waals surface area contributed by atoms with Gasteiger partial charge in [0, 0.05) is 11.1 Å². The minimum Gasteiger partial charge on any atom is -0.383 e. The van der Waals surface area contributed by atoms with E-state index in [0.29, 0.717) is 31.0 Å². The number of anilines is 1. The van der Waals surface area contributed by atoms with E-state index >= 15 is 0 Å². The number of nitrogens with one attached hydrogen (secondary N) is 2. The molecule has 1 aromatic rings. The van der Waals surface area contributed by atoms with E-state index in [0.717, 1.165) is 12.8 Å². The highest BCUT2D eigenvalue weighted by Crippen LogP contribution is 2.24. The molecule has 3 rings (SSSR count). The van der Waals surface area contributed by atoms with Gasteiger partial charge in [-0.25, -0.2) is 4.39 Å². The van der Waals surface area contributed by atoms with Crippen LogP contribution in [0.15, 0.2) is 18.2 Å². The van der Waals surface area contributed by atoms with Gasteiger partial charge in [0.15, 0.2) is 0 Å². The first-order valence-corrected chi connectivity index (χ1v) is 9.26. The van der Waals surface area contributed by atoms with Crippen LogP contribution in [-0.4, -0.2) is 53.6 Å². The van der Waals surface area contributed by atoms with Crippen molar-refractivity contribution >= 4 is 29.1 Å². The number of carbonyl (C=O) groups is 2. The van der Waals surface area contributed by atoms with E-state index in [1.165, 1.54) is 18.2 Å². The molecule has 8 heteroatoms. The third kappa shape index (κ3) is 5.16. The largest absolute Gasteiger partial charge is 0.383 e. The van der Waals surface area contributed by atoms with Crippen LogP contribution in [0.4, 0.5) is 10.1 Å². The number of amides is 2. The molecule has 1 heterocycles. The molecule has 1 aliphatic carbocycles. The third-order valence-electron chi connectivity index (χ3n) is 4.84. The number of hydrogen-bond donors (Lipinski definition) is 3. The molecule has 2 fully saturated rings. The number of piperidine rings is 1. The summed E-state index contributed by atoms with van der Waals surface area (Å²) < 4.78 is 13.7. The van der Waals surface area contributed by atoms with Crippen molar-refractivity contribution in [2.75, 3.05) is 25.0 Å². The highest BCUT2D eigenvalue weighted by atomic mass is 35.5. The Morgan fingerprint density at radius 3 is 2.62 bits per heavy atom. The van der Waals surface area contributed by atoms with Crippen LogP contribution in [0.3, 0.4) is 0 Å². The highest BCUT2D eigenvalue weighted by molar-refractivity contribution is 6.30. The number of hydrogen-bond acceptors (Lipinski definition) is 4. The molecule has 2 amide bonds. The lowest BCUT2D eigenvalue weighted by Gasteiger charge is -2.33. The fourth-order valence-corrected chi connectivity index (χ4v) is 3.31. The lowest BCUT2D eigenvalue weighted by atomic mass is 9.90. The summed E-state index contributed by atoms with van der Waals surface area (Å²) in [6, 6.07) is 4.22. The Morgan fingerprint density at radius 1 is 1.27 bits per heavy atom. The van der Waals surface area contributed by atoms with Crippen molar-refractivity contribution in [3.8, 4) is 0 Å². The SMILES string of the molecule is O=C(CN1CCC([C@H](O)C(=O)NC2CC2)CC1)Nc1cc(Cl)ccc1F. The van der Waals surface area contributed by atoms with Crippen molar-refractivity contribution in [2.45, 2.75) is 37.8 Å². The van der Waals surface area contributed by atoms with Gasteiger partial charge >= 0.3 is 0 Å². The zero-order chi connectivity index (χ0) is 18.7. The van der Waals surface area contributed by atoms with E-state index in [-0.39, 0.29) is 36.0 Å². The Labute approximate surface area is 156 Å². The molecule has 1 atom stereocenters. The Kier molecular flexibility index (Phi) is 6.11. The lowest BCUT2D eigenvalue weighted by Crippen LogP contribution is -2.46. The summed E-state index contributed by atoms with van der Waals surface area (Å²) in [7, 11) is 0. The van der Waals surface area contributed by atoms with E-state index in [1.54, 1.807) is 0 Å². The van der Waals surface area contributed by atoms with E-state index in [2.05, 4.69) is 10.6 Å². The fraction of sp³-hybridized carbons (Fsp3) is 0.556. The topological polar surface area (TPSA) is 81.7 Å². The number of aliphatic hydroxyl groups excluding tert-OH is 1. The van der Waals surface area contributed by atoms with Gasteiger partial charge in [-0.05, 0) is 62.9 Å². The van der Waals surface area contributed by atoms with Crippen LogP contribution in [0.5, 0.6) is 0 Å². The van der Waals surface area contributed by atoms with Gasteiger partial charge < -0.3 is 15.7 Å². The standard InChI is InChI=1S/C18H23ClFN3O3/c19-12-1-4-14(20)15(9-12)22-16(24)10-23-7-5-11(6-8-23)17(25)18(26)21-13-2-3-13/h1,4,9,11,13,17,25H,2-3,5-8,10H2,(H,21,26)(H,22,24)/t17-/m0/s1. The molecular weight excluding hydrogens is 361 g/mol. The molecule has 26 heavy (non-hydrogen) atoms. The maximum Gasteiger partial charge on any atom is 0.249 e. The minimum absolute atomic E-state index is 0.0598. The fourth-order valence-electron chi connectivity index (χ4n) is 3.14. The predicted octanol–water partition coefficient (Wildman–Crippen LogP) is 1.77. The molecule has 1 aromatic carbocycles. The third-order valence-corrected chi connectivity index (χ3v) is 5.08. The maximum atomic E-state index is 13.7. The molecule has 1 saturated heterocycles. The molecule has 2 aliphatic rings. The van der Waals surface area contributed by atoms with Crippen LogP contribution >= 0.6 is 11.6 Å². The smallest absolute Gasteiger partial charge is 0.249 e. The molecule has 6 nitrogen and oxygen atoms in total. The number of benzene rings is 1. The number of nitrogens with zero attached hydrogens (tertiary/aromatic N) is 1. The number of carbonyl (C=O) groups excluding carboxylic acids is 2.